The average molecular weight is 193 g/mol. The molecule has 2 nitrogen and oxygen atoms in total. The Balaban J connectivity index is 1.47. The first-order chi connectivity index (χ1) is 6.80. The summed E-state index contributed by atoms with van der Waals surface area (Å²) in [6.07, 6.45) is 9.43. The lowest BCUT2D eigenvalue weighted by Gasteiger charge is -2.37. The molecule has 2 saturated carbocycles. The Kier molecular flexibility index (Phi) is 1.86. The lowest BCUT2D eigenvalue weighted by Crippen LogP contribution is -2.28. The molecule has 2 unspecified atom stereocenters. The van der Waals surface area contributed by atoms with E-state index in [1.807, 2.05) is 0 Å². The van der Waals surface area contributed by atoms with E-state index in [0.717, 1.165) is 30.7 Å². The summed E-state index contributed by atoms with van der Waals surface area (Å²) in [5.41, 5.74) is 0.801. The van der Waals surface area contributed by atoms with Crippen LogP contribution < -0.4 is 5.32 Å². The Labute approximate surface area is 85.4 Å². The van der Waals surface area contributed by atoms with E-state index in [1.54, 1.807) is 0 Å². The summed E-state index contributed by atoms with van der Waals surface area (Å²) >= 11 is 0. The van der Waals surface area contributed by atoms with Crippen molar-refractivity contribution >= 4 is 5.91 Å². The summed E-state index contributed by atoms with van der Waals surface area (Å²) in [6.45, 7) is 0.916. The van der Waals surface area contributed by atoms with E-state index in [9.17, 15) is 4.79 Å². The van der Waals surface area contributed by atoms with Gasteiger partial charge in [-0.05, 0) is 56.3 Å². The largest absolute Gasteiger partial charge is 0.356 e. The van der Waals surface area contributed by atoms with Crippen molar-refractivity contribution in [2.45, 2.75) is 44.9 Å². The molecule has 1 heterocycles. The Morgan fingerprint density at radius 2 is 2.07 bits per heavy atom. The molecule has 0 radical (unpaired) electrons. The highest BCUT2D eigenvalue weighted by Gasteiger charge is 2.54. The van der Waals surface area contributed by atoms with Crippen molar-refractivity contribution in [3.05, 3.63) is 0 Å². The Bertz CT molecular complexity index is 257. The van der Waals surface area contributed by atoms with Crippen LogP contribution in [0.5, 0.6) is 0 Å². The molecule has 3 rings (SSSR count). The van der Waals surface area contributed by atoms with Crippen LogP contribution in [0.4, 0.5) is 0 Å². The van der Waals surface area contributed by atoms with Crippen molar-refractivity contribution in [1.29, 1.82) is 0 Å². The second-order valence-electron chi connectivity index (χ2n) is 5.45. The molecule has 0 aromatic heterocycles. The van der Waals surface area contributed by atoms with Gasteiger partial charge in [0.05, 0.1) is 0 Å². The fourth-order valence-electron chi connectivity index (χ4n) is 3.35. The molecule has 1 N–H and O–H groups in total. The van der Waals surface area contributed by atoms with Gasteiger partial charge in [0.2, 0.25) is 5.91 Å². The Hall–Kier alpha value is -0.530. The SMILES string of the molecule is O=C1NCCC1CCC1CCC12CC2. The summed E-state index contributed by atoms with van der Waals surface area (Å²) in [7, 11) is 0. The van der Waals surface area contributed by atoms with Gasteiger partial charge in [-0.3, -0.25) is 4.79 Å². The van der Waals surface area contributed by atoms with Crippen LogP contribution in [0, 0.1) is 17.3 Å². The number of amides is 1. The van der Waals surface area contributed by atoms with E-state index < -0.39 is 0 Å². The Morgan fingerprint density at radius 1 is 1.21 bits per heavy atom. The van der Waals surface area contributed by atoms with Crippen LogP contribution in [0.3, 0.4) is 0 Å². The molecular formula is C12H19NO. The molecule has 0 bridgehead atoms. The van der Waals surface area contributed by atoms with Crippen molar-refractivity contribution in [2.24, 2.45) is 17.3 Å². The number of hydrogen-bond donors (Lipinski definition) is 1. The van der Waals surface area contributed by atoms with Crippen molar-refractivity contribution < 1.29 is 4.79 Å². The third-order valence-electron chi connectivity index (χ3n) is 4.78. The van der Waals surface area contributed by atoms with Gasteiger partial charge in [-0.25, -0.2) is 0 Å². The van der Waals surface area contributed by atoms with Gasteiger partial charge in [-0.2, -0.15) is 0 Å². The van der Waals surface area contributed by atoms with Gasteiger partial charge in [-0.1, -0.05) is 0 Å². The minimum Gasteiger partial charge on any atom is -0.356 e. The van der Waals surface area contributed by atoms with Crippen LogP contribution in [-0.2, 0) is 4.79 Å². The van der Waals surface area contributed by atoms with Crippen LogP contribution >= 0.6 is 0 Å². The van der Waals surface area contributed by atoms with Crippen LogP contribution in [0.1, 0.15) is 44.9 Å². The monoisotopic (exact) mass is 193 g/mol. The maximum Gasteiger partial charge on any atom is 0.223 e. The molecule has 78 valence electrons. The number of nitrogens with one attached hydrogen (secondary N) is 1. The highest BCUT2D eigenvalue weighted by Crippen LogP contribution is 2.65. The molecule has 3 aliphatic rings. The summed E-state index contributed by atoms with van der Waals surface area (Å²) < 4.78 is 0. The molecule has 2 aliphatic carbocycles. The zero-order chi connectivity index (χ0) is 9.60. The molecule has 2 atom stereocenters. The van der Waals surface area contributed by atoms with Gasteiger partial charge in [0.25, 0.3) is 0 Å². The van der Waals surface area contributed by atoms with Gasteiger partial charge in [0.15, 0.2) is 0 Å². The number of carbonyl (C=O) groups excluding carboxylic acids is 1. The zero-order valence-corrected chi connectivity index (χ0v) is 8.72. The van der Waals surface area contributed by atoms with Crippen molar-refractivity contribution in [3.63, 3.8) is 0 Å². The quantitative estimate of drug-likeness (QED) is 0.730. The molecular weight excluding hydrogens is 174 g/mol. The van der Waals surface area contributed by atoms with Crippen molar-refractivity contribution in [2.75, 3.05) is 6.54 Å². The first-order valence-corrected chi connectivity index (χ1v) is 6.08. The zero-order valence-electron chi connectivity index (χ0n) is 8.72. The normalized spacial score (nSPS) is 38.1. The van der Waals surface area contributed by atoms with Crippen LogP contribution in [0.15, 0.2) is 0 Å². The maximum atomic E-state index is 11.4. The van der Waals surface area contributed by atoms with E-state index in [1.165, 1.54) is 32.1 Å². The van der Waals surface area contributed by atoms with Gasteiger partial charge < -0.3 is 5.32 Å². The van der Waals surface area contributed by atoms with E-state index in [2.05, 4.69) is 5.32 Å². The fourth-order valence-corrected chi connectivity index (χ4v) is 3.35. The third-order valence-corrected chi connectivity index (χ3v) is 4.78. The first-order valence-electron chi connectivity index (χ1n) is 6.08. The van der Waals surface area contributed by atoms with Crippen molar-refractivity contribution in [3.8, 4) is 0 Å². The minimum atomic E-state index is 0.314. The summed E-state index contributed by atoms with van der Waals surface area (Å²) in [5, 5.41) is 2.93. The average Bonchev–Trinajstić information content (AvgIpc) is 2.89. The Morgan fingerprint density at radius 3 is 2.57 bits per heavy atom. The molecule has 1 aliphatic heterocycles. The van der Waals surface area contributed by atoms with E-state index in [0.29, 0.717) is 11.8 Å². The topological polar surface area (TPSA) is 29.1 Å². The smallest absolute Gasteiger partial charge is 0.223 e. The number of hydrogen-bond acceptors (Lipinski definition) is 1. The second-order valence-corrected chi connectivity index (χ2v) is 5.45. The van der Waals surface area contributed by atoms with E-state index in [-0.39, 0.29) is 0 Å². The van der Waals surface area contributed by atoms with Crippen LogP contribution in [0.25, 0.3) is 0 Å². The fraction of sp³-hybridized carbons (Fsp3) is 0.917. The third kappa shape index (κ3) is 1.27. The second kappa shape index (κ2) is 2.98. The lowest BCUT2D eigenvalue weighted by atomic mass is 9.67. The molecule has 1 amide bonds. The van der Waals surface area contributed by atoms with Gasteiger partial charge in [0.1, 0.15) is 0 Å². The highest BCUT2D eigenvalue weighted by molar-refractivity contribution is 5.80. The summed E-state index contributed by atoms with van der Waals surface area (Å²) in [5.74, 6) is 1.65. The van der Waals surface area contributed by atoms with Crippen LogP contribution in [0.2, 0.25) is 0 Å². The summed E-state index contributed by atoms with van der Waals surface area (Å²) in [6, 6.07) is 0. The highest BCUT2D eigenvalue weighted by atomic mass is 16.2. The predicted octanol–water partition coefficient (Wildman–Crippen LogP) is 2.09. The molecule has 14 heavy (non-hydrogen) atoms. The molecule has 0 aromatic rings. The molecule has 0 aromatic carbocycles. The lowest BCUT2D eigenvalue weighted by molar-refractivity contribution is -0.122. The molecule has 2 heteroatoms. The summed E-state index contributed by atoms with van der Waals surface area (Å²) in [4.78, 5) is 11.4. The maximum absolute atomic E-state index is 11.4. The molecule has 3 fully saturated rings. The number of rotatable bonds is 3. The number of carbonyl (C=O) groups is 1. The molecule has 1 saturated heterocycles. The van der Waals surface area contributed by atoms with Gasteiger partial charge >= 0.3 is 0 Å². The van der Waals surface area contributed by atoms with Crippen molar-refractivity contribution in [1.82, 2.24) is 5.32 Å². The van der Waals surface area contributed by atoms with Gasteiger partial charge in [-0.15, -0.1) is 0 Å². The first kappa shape index (κ1) is 8.75. The predicted molar refractivity (Wildman–Crippen MR) is 54.7 cm³/mol. The molecule has 1 spiro atoms. The van der Waals surface area contributed by atoms with Gasteiger partial charge in [0, 0.05) is 12.5 Å². The minimum absolute atomic E-state index is 0.314. The van der Waals surface area contributed by atoms with E-state index >= 15 is 0 Å². The standard InChI is InChI=1S/C12H19NO/c14-11-9(4-8-13-11)1-2-10-3-5-12(10)6-7-12/h9-10H,1-8H2,(H,13,14). The van der Waals surface area contributed by atoms with Crippen LogP contribution in [-0.4, -0.2) is 12.5 Å². The van der Waals surface area contributed by atoms with E-state index in [4.69, 9.17) is 0 Å².